The molecule has 162 valence electrons. The predicted octanol–water partition coefficient (Wildman–Crippen LogP) is 4.30. The molecule has 2 fully saturated rings. The summed E-state index contributed by atoms with van der Waals surface area (Å²) in [6, 6.07) is 3.95. The molecule has 0 spiro atoms. The van der Waals surface area contributed by atoms with Crippen LogP contribution >= 0.6 is 23.2 Å². The van der Waals surface area contributed by atoms with Crippen LogP contribution in [-0.4, -0.2) is 57.4 Å². The molecule has 1 saturated heterocycles. The Morgan fingerprint density at radius 2 is 2.19 bits per heavy atom. The largest absolute Gasteiger partial charge is 0.368 e. The van der Waals surface area contributed by atoms with E-state index < -0.39 is 0 Å². The van der Waals surface area contributed by atoms with E-state index >= 15 is 0 Å². The number of hydrogen-bond acceptors (Lipinski definition) is 4. The molecule has 1 unspecified atom stereocenters. The molecule has 0 bridgehead atoms. The molecule has 31 heavy (non-hydrogen) atoms. The highest BCUT2D eigenvalue weighted by Crippen LogP contribution is 2.43. The minimum atomic E-state index is -0.0936. The number of aromatic nitrogens is 3. The van der Waals surface area contributed by atoms with E-state index in [1.54, 1.807) is 11.1 Å². The molecule has 2 aromatic rings. The average Bonchev–Trinajstić information content (AvgIpc) is 3.40. The number of anilines is 1. The summed E-state index contributed by atoms with van der Waals surface area (Å²) in [7, 11) is 0. The number of imidazole rings is 1. The summed E-state index contributed by atoms with van der Waals surface area (Å²) in [6.45, 7) is 2.69. The number of halogens is 2. The number of nitrogens with zero attached hydrogens (tertiary/aromatic N) is 3. The highest BCUT2D eigenvalue weighted by molar-refractivity contribution is 6.38. The highest BCUT2D eigenvalue weighted by Gasteiger charge is 2.30. The van der Waals surface area contributed by atoms with Gasteiger partial charge in [-0.3, -0.25) is 0 Å². The lowest BCUT2D eigenvalue weighted by molar-refractivity contribution is 0.219. The molecule has 0 aromatic carbocycles. The number of carbonyl (C=O) groups is 1. The Kier molecular flexibility index (Phi) is 5.63. The number of pyridine rings is 1. The number of rotatable bonds is 7. The summed E-state index contributed by atoms with van der Waals surface area (Å²) in [5.41, 5.74) is 3.61. The van der Waals surface area contributed by atoms with Crippen molar-refractivity contribution in [1.29, 1.82) is 0 Å². The number of hydrogen-bond donors (Lipinski definition) is 3. The molecule has 7 nitrogen and oxygen atoms in total. The molecule has 2 aromatic heterocycles. The van der Waals surface area contributed by atoms with Gasteiger partial charge in [0.2, 0.25) is 0 Å². The first-order chi connectivity index (χ1) is 15.1. The predicted molar refractivity (Wildman–Crippen MR) is 123 cm³/mol. The van der Waals surface area contributed by atoms with Crippen LogP contribution in [0.15, 0.2) is 35.5 Å². The van der Waals surface area contributed by atoms with Crippen LogP contribution < -0.4 is 10.6 Å². The Bertz CT molecular complexity index is 1060. The number of amides is 2. The van der Waals surface area contributed by atoms with Crippen molar-refractivity contribution in [1.82, 2.24) is 25.2 Å². The van der Waals surface area contributed by atoms with Crippen molar-refractivity contribution in [2.75, 3.05) is 31.5 Å². The first kappa shape index (κ1) is 20.4. The molecule has 1 saturated carbocycles. The molecule has 1 aliphatic heterocycles. The molecular weight excluding hydrogens is 435 g/mol. The second kappa shape index (κ2) is 8.55. The SMILES string of the molecule is O=C1NCCN1CCNc1cc(-c2[nH]c(C3CC3)nc2C2=CC(Cl)CC=C2Cl)ccn1. The number of carbonyl (C=O) groups excluding carboxylic acids is 1. The van der Waals surface area contributed by atoms with Crippen molar-refractivity contribution < 1.29 is 4.79 Å². The van der Waals surface area contributed by atoms with Crippen LogP contribution in [0.3, 0.4) is 0 Å². The fraction of sp³-hybridized carbons (Fsp3) is 0.409. The molecule has 0 radical (unpaired) electrons. The van der Waals surface area contributed by atoms with Crippen molar-refractivity contribution in [3.63, 3.8) is 0 Å². The van der Waals surface area contributed by atoms with Gasteiger partial charge < -0.3 is 20.5 Å². The van der Waals surface area contributed by atoms with Gasteiger partial charge >= 0.3 is 6.03 Å². The van der Waals surface area contributed by atoms with Crippen LogP contribution in [0.5, 0.6) is 0 Å². The maximum atomic E-state index is 11.7. The Labute approximate surface area is 190 Å². The van der Waals surface area contributed by atoms with E-state index in [0.29, 0.717) is 30.6 Å². The number of urea groups is 1. The van der Waals surface area contributed by atoms with Gasteiger partial charge in [0.15, 0.2) is 0 Å². The second-order valence-electron chi connectivity index (χ2n) is 8.08. The maximum absolute atomic E-state index is 11.7. The fourth-order valence-corrected chi connectivity index (χ4v) is 4.37. The van der Waals surface area contributed by atoms with E-state index in [4.69, 9.17) is 28.2 Å². The van der Waals surface area contributed by atoms with Crippen LogP contribution in [0, 0.1) is 0 Å². The van der Waals surface area contributed by atoms with Gasteiger partial charge in [0.1, 0.15) is 11.6 Å². The lowest BCUT2D eigenvalue weighted by Crippen LogP contribution is -2.32. The zero-order valence-electron chi connectivity index (χ0n) is 17.0. The molecule has 5 rings (SSSR count). The lowest BCUT2D eigenvalue weighted by Gasteiger charge is -2.15. The van der Waals surface area contributed by atoms with Crippen LogP contribution in [0.2, 0.25) is 0 Å². The Hall–Kier alpha value is -2.51. The third kappa shape index (κ3) is 4.43. The number of H-pyrrole nitrogens is 1. The Morgan fingerprint density at radius 3 is 2.97 bits per heavy atom. The molecular formula is C22H24Cl2N6O. The van der Waals surface area contributed by atoms with E-state index in [-0.39, 0.29) is 11.4 Å². The first-order valence-electron chi connectivity index (χ1n) is 10.6. The van der Waals surface area contributed by atoms with Crippen LogP contribution in [0.4, 0.5) is 10.6 Å². The Balaban J connectivity index is 1.40. The van der Waals surface area contributed by atoms with Crippen molar-refractivity contribution in [3.8, 4) is 11.3 Å². The normalized spacial score (nSPS) is 21.0. The number of nitrogens with one attached hydrogen (secondary N) is 3. The van der Waals surface area contributed by atoms with Crippen LogP contribution in [-0.2, 0) is 0 Å². The molecule has 2 amide bonds. The molecule has 9 heteroatoms. The minimum Gasteiger partial charge on any atom is -0.368 e. The van der Waals surface area contributed by atoms with Crippen molar-refractivity contribution in [2.45, 2.75) is 30.6 Å². The fourth-order valence-electron chi connectivity index (χ4n) is 3.92. The number of alkyl halides is 1. The standard InChI is InChI=1S/C22H24Cl2N6O/c23-15-3-4-17(24)16(12-15)20-19(28-21(29-20)13-1-2-13)14-5-6-25-18(11-14)26-7-9-30-10-8-27-22(30)31/h4-6,11-13,15H,1-3,7-10H2,(H,25,26)(H,27,31)(H,28,29). The minimum absolute atomic E-state index is 0.0125. The molecule has 3 aliphatic rings. The monoisotopic (exact) mass is 458 g/mol. The summed E-state index contributed by atoms with van der Waals surface area (Å²) in [5.74, 6) is 2.23. The van der Waals surface area contributed by atoms with Gasteiger partial charge in [0.05, 0.1) is 16.8 Å². The van der Waals surface area contributed by atoms with Crippen LogP contribution in [0.25, 0.3) is 16.8 Å². The van der Waals surface area contributed by atoms with E-state index in [1.165, 1.54) is 0 Å². The number of allylic oxidation sites excluding steroid dienone is 4. The summed E-state index contributed by atoms with van der Waals surface area (Å²) in [5, 5.41) is 6.72. The zero-order valence-corrected chi connectivity index (χ0v) is 18.5. The molecule has 2 aliphatic carbocycles. The van der Waals surface area contributed by atoms with E-state index in [1.807, 2.05) is 24.3 Å². The third-order valence-corrected chi connectivity index (χ3v) is 6.41. The molecule has 3 heterocycles. The summed E-state index contributed by atoms with van der Waals surface area (Å²) in [6.07, 6.45) is 8.75. The van der Waals surface area contributed by atoms with Gasteiger partial charge in [0.25, 0.3) is 0 Å². The van der Waals surface area contributed by atoms with Crippen molar-refractivity contribution >= 4 is 40.6 Å². The number of aromatic amines is 1. The van der Waals surface area contributed by atoms with E-state index in [2.05, 4.69) is 20.6 Å². The van der Waals surface area contributed by atoms with Gasteiger partial charge in [-0.15, -0.1) is 11.6 Å². The van der Waals surface area contributed by atoms with Gasteiger partial charge in [-0.1, -0.05) is 23.8 Å². The average molecular weight is 459 g/mol. The Morgan fingerprint density at radius 1 is 1.32 bits per heavy atom. The topological polar surface area (TPSA) is 85.9 Å². The summed E-state index contributed by atoms with van der Waals surface area (Å²) >= 11 is 12.9. The summed E-state index contributed by atoms with van der Waals surface area (Å²) in [4.78, 5) is 26.3. The third-order valence-electron chi connectivity index (χ3n) is 5.75. The van der Waals surface area contributed by atoms with Gasteiger partial charge in [-0.25, -0.2) is 14.8 Å². The van der Waals surface area contributed by atoms with Crippen molar-refractivity contribution in [3.05, 3.63) is 47.0 Å². The first-order valence-corrected chi connectivity index (χ1v) is 11.4. The van der Waals surface area contributed by atoms with Crippen molar-refractivity contribution in [2.24, 2.45) is 0 Å². The smallest absolute Gasteiger partial charge is 0.317 e. The van der Waals surface area contributed by atoms with Gasteiger partial charge in [0, 0.05) is 54.5 Å². The molecule has 3 N–H and O–H groups in total. The lowest BCUT2D eigenvalue weighted by atomic mass is 10.00. The zero-order chi connectivity index (χ0) is 21.4. The quantitative estimate of drug-likeness (QED) is 0.539. The summed E-state index contributed by atoms with van der Waals surface area (Å²) < 4.78 is 0. The highest BCUT2D eigenvalue weighted by atomic mass is 35.5. The van der Waals surface area contributed by atoms with E-state index in [9.17, 15) is 4.79 Å². The van der Waals surface area contributed by atoms with Gasteiger partial charge in [-0.2, -0.15) is 0 Å². The molecule has 1 atom stereocenters. The second-order valence-corrected chi connectivity index (χ2v) is 9.05. The van der Waals surface area contributed by atoms with Crippen LogP contribution in [0.1, 0.15) is 36.7 Å². The van der Waals surface area contributed by atoms with Gasteiger partial charge in [-0.05, 0) is 31.4 Å². The maximum Gasteiger partial charge on any atom is 0.317 e. The van der Waals surface area contributed by atoms with E-state index in [0.717, 1.165) is 60.0 Å².